The number of halogens is 1. The Morgan fingerprint density at radius 2 is 2.10 bits per heavy atom. The average molecular weight is 412 g/mol. The van der Waals surface area contributed by atoms with Gasteiger partial charge in [-0.15, -0.1) is 0 Å². The second-order valence-corrected chi connectivity index (χ2v) is 7.14. The van der Waals surface area contributed by atoms with Gasteiger partial charge < -0.3 is 20.8 Å². The van der Waals surface area contributed by atoms with Crippen LogP contribution >= 0.6 is 11.8 Å². The summed E-state index contributed by atoms with van der Waals surface area (Å²) in [5, 5.41) is 15.7. The van der Waals surface area contributed by atoms with Crippen molar-refractivity contribution in [1.82, 2.24) is 5.32 Å². The summed E-state index contributed by atoms with van der Waals surface area (Å²) in [7, 11) is 0. The standard InChI is InChI=1S/C20H17FN4O3S/c1-11-17(19(27)25-14-6-3-2-5-13(14)21)18(15-7-4-8-28-15)12(9-22)20(24-11)29-10-16(23)26/h2-8,18,24H,10H2,1H3,(H2,23,26)(H,25,27). The van der Waals surface area contributed by atoms with E-state index < -0.39 is 23.5 Å². The molecule has 7 nitrogen and oxygen atoms in total. The van der Waals surface area contributed by atoms with Gasteiger partial charge in [-0.1, -0.05) is 23.9 Å². The van der Waals surface area contributed by atoms with Gasteiger partial charge in [-0.25, -0.2) is 4.39 Å². The highest BCUT2D eigenvalue weighted by Gasteiger charge is 2.36. The maximum atomic E-state index is 14.0. The van der Waals surface area contributed by atoms with Crippen LogP contribution in [0.2, 0.25) is 0 Å². The van der Waals surface area contributed by atoms with Crippen molar-refractivity contribution in [3.8, 4) is 6.07 Å². The molecular weight excluding hydrogens is 395 g/mol. The number of nitrogens with two attached hydrogens (primary N) is 1. The van der Waals surface area contributed by atoms with Crippen LogP contribution in [0.3, 0.4) is 0 Å². The molecule has 0 radical (unpaired) electrons. The first kappa shape index (κ1) is 20.2. The van der Waals surface area contributed by atoms with Gasteiger partial charge >= 0.3 is 0 Å². The molecule has 1 aromatic heterocycles. The molecule has 1 atom stereocenters. The zero-order valence-electron chi connectivity index (χ0n) is 15.4. The number of rotatable bonds is 6. The van der Waals surface area contributed by atoms with Gasteiger partial charge in [0.1, 0.15) is 11.6 Å². The summed E-state index contributed by atoms with van der Waals surface area (Å²) in [6.45, 7) is 1.66. The van der Waals surface area contributed by atoms with Crippen molar-refractivity contribution < 1.29 is 18.4 Å². The average Bonchev–Trinajstić information content (AvgIpc) is 3.21. The van der Waals surface area contributed by atoms with Gasteiger partial charge in [0.2, 0.25) is 5.91 Å². The zero-order chi connectivity index (χ0) is 21.0. The molecule has 1 unspecified atom stereocenters. The van der Waals surface area contributed by atoms with E-state index >= 15 is 0 Å². The number of thioether (sulfide) groups is 1. The molecular formula is C20H17FN4O3S. The smallest absolute Gasteiger partial charge is 0.254 e. The predicted octanol–water partition coefficient (Wildman–Crippen LogP) is 2.97. The van der Waals surface area contributed by atoms with E-state index in [0.717, 1.165) is 11.8 Å². The number of anilines is 1. The number of hydrogen-bond acceptors (Lipinski definition) is 6. The third kappa shape index (κ3) is 4.33. The lowest BCUT2D eigenvalue weighted by molar-refractivity contribution is -0.115. The molecule has 2 aromatic rings. The molecule has 0 fully saturated rings. The van der Waals surface area contributed by atoms with E-state index in [0.29, 0.717) is 16.5 Å². The number of nitrogens with one attached hydrogen (secondary N) is 2. The first-order valence-electron chi connectivity index (χ1n) is 8.54. The van der Waals surface area contributed by atoms with Crippen LogP contribution in [0, 0.1) is 17.1 Å². The highest BCUT2D eigenvalue weighted by atomic mass is 32.2. The molecule has 148 valence electrons. The van der Waals surface area contributed by atoms with E-state index in [-0.39, 0.29) is 22.6 Å². The van der Waals surface area contributed by atoms with E-state index in [2.05, 4.69) is 16.7 Å². The quantitative estimate of drug-likeness (QED) is 0.671. The van der Waals surface area contributed by atoms with E-state index in [1.807, 2.05) is 0 Å². The van der Waals surface area contributed by atoms with Crippen molar-refractivity contribution in [2.75, 3.05) is 11.1 Å². The Balaban J connectivity index is 2.02. The van der Waals surface area contributed by atoms with Gasteiger partial charge in [0.15, 0.2) is 0 Å². The first-order chi connectivity index (χ1) is 13.9. The van der Waals surface area contributed by atoms with E-state index in [4.69, 9.17) is 10.2 Å². The van der Waals surface area contributed by atoms with Crippen molar-refractivity contribution in [2.24, 2.45) is 5.73 Å². The number of dihydropyridines is 1. The Morgan fingerprint density at radius 3 is 2.72 bits per heavy atom. The largest absolute Gasteiger partial charge is 0.468 e. The van der Waals surface area contributed by atoms with Crippen LogP contribution in [0.4, 0.5) is 10.1 Å². The summed E-state index contributed by atoms with van der Waals surface area (Å²) in [5.41, 5.74) is 6.10. The highest BCUT2D eigenvalue weighted by molar-refractivity contribution is 8.03. The molecule has 4 N–H and O–H groups in total. The van der Waals surface area contributed by atoms with Gasteiger partial charge in [0, 0.05) is 5.70 Å². The Labute approximate surface area is 170 Å². The molecule has 0 bridgehead atoms. The molecule has 0 saturated carbocycles. The van der Waals surface area contributed by atoms with Crippen molar-refractivity contribution in [3.63, 3.8) is 0 Å². The Hall–Kier alpha value is -3.51. The lowest BCUT2D eigenvalue weighted by atomic mass is 9.85. The molecule has 29 heavy (non-hydrogen) atoms. The van der Waals surface area contributed by atoms with Crippen LogP contribution in [0.5, 0.6) is 0 Å². The number of carbonyl (C=O) groups is 2. The number of primary amides is 1. The van der Waals surface area contributed by atoms with Crippen molar-refractivity contribution >= 4 is 29.3 Å². The minimum Gasteiger partial charge on any atom is -0.468 e. The Kier molecular flexibility index (Phi) is 6.04. The third-order valence-electron chi connectivity index (χ3n) is 4.20. The van der Waals surface area contributed by atoms with Crippen molar-refractivity contribution in [1.29, 1.82) is 5.26 Å². The van der Waals surface area contributed by atoms with Crippen LogP contribution in [-0.2, 0) is 9.59 Å². The summed E-state index contributed by atoms with van der Waals surface area (Å²) in [6, 6.07) is 11.2. The zero-order valence-corrected chi connectivity index (χ0v) is 16.2. The number of nitriles is 1. The molecule has 1 aliphatic heterocycles. The fourth-order valence-corrected chi connectivity index (χ4v) is 3.79. The molecule has 0 aliphatic carbocycles. The fourth-order valence-electron chi connectivity index (χ4n) is 2.96. The second-order valence-electron chi connectivity index (χ2n) is 6.16. The van der Waals surface area contributed by atoms with Crippen molar-refractivity contribution in [3.05, 3.63) is 76.1 Å². The maximum Gasteiger partial charge on any atom is 0.254 e. The minimum atomic E-state index is -0.821. The van der Waals surface area contributed by atoms with Gasteiger partial charge in [-0.05, 0) is 31.2 Å². The third-order valence-corrected chi connectivity index (χ3v) is 5.24. The number of carbonyl (C=O) groups excluding carboxylic acids is 2. The van der Waals surface area contributed by atoms with Crippen LogP contribution in [0.1, 0.15) is 18.6 Å². The van der Waals surface area contributed by atoms with E-state index in [9.17, 15) is 19.2 Å². The SMILES string of the molecule is CC1=C(C(=O)Nc2ccccc2F)C(c2ccco2)C(C#N)=C(SCC(N)=O)N1. The summed E-state index contributed by atoms with van der Waals surface area (Å²) in [5.74, 6) is -2.18. The summed E-state index contributed by atoms with van der Waals surface area (Å²) < 4.78 is 19.5. The Morgan fingerprint density at radius 1 is 1.34 bits per heavy atom. The molecule has 0 spiro atoms. The molecule has 0 saturated heterocycles. The molecule has 2 amide bonds. The number of amides is 2. The molecule has 1 aromatic carbocycles. The lowest BCUT2D eigenvalue weighted by Crippen LogP contribution is -2.31. The maximum absolute atomic E-state index is 14.0. The second kappa shape index (κ2) is 8.67. The van der Waals surface area contributed by atoms with Crippen LogP contribution in [-0.4, -0.2) is 17.6 Å². The van der Waals surface area contributed by atoms with Crippen molar-refractivity contribution in [2.45, 2.75) is 12.8 Å². The van der Waals surface area contributed by atoms with Gasteiger partial charge in [-0.3, -0.25) is 9.59 Å². The minimum absolute atomic E-state index is 0.0207. The highest BCUT2D eigenvalue weighted by Crippen LogP contribution is 2.41. The Bertz CT molecular complexity index is 1050. The van der Waals surface area contributed by atoms with Crippen LogP contribution in [0.15, 0.2) is 69.0 Å². The number of nitrogens with zero attached hydrogens (tertiary/aromatic N) is 1. The number of para-hydroxylation sites is 1. The lowest BCUT2D eigenvalue weighted by Gasteiger charge is -2.28. The summed E-state index contributed by atoms with van der Waals surface area (Å²) >= 11 is 1.07. The molecule has 3 rings (SSSR count). The van der Waals surface area contributed by atoms with Crippen LogP contribution in [0.25, 0.3) is 0 Å². The fraction of sp³-hybridized carbons (Fsp3) is 0.150. The van der Waals surface area contributed by atoms with Gasteiger partial charge in [0.05, 0.1) is 45.9 Å². The van der Waals surface area contributed by atoms with Crippen LogP contribution < -0.4 is 16.4 Å². The number of furan rings is 1. The monoisotopic (exact) mass is 412 g/mol. The summed E-state index contributed by atoms with van der Waals surface area (Å²) in [4.78, 5) is 24.2. The number of allylic oxidation sites excluding steroid dienone is 2. The summed E-state index contributed by atoms with van der Waals surface area (Å²) in [6.07, 6.45) is 1.43. The molecule has 2 heterocycles. The van der Waals surface area contributed by atoms with Gasteiger partial charge in [-0.2, -0.15) is 5.26 Å². The normalized spacial score (nSPS) is 16.2. The van der Waals surface area contributed by atoms with Gasteiger partial charge in [0.25, 0.3) is 5.91 Å². The first-order valence-corrected chi connectivity index (χ1v) is 9.53. The predicted molar refractivity (Wildman–Crippen MR) is 107 cm³/mol. The molecule has 1 aliphatic rings. The molecule has 9 heteroatoms. The number of hydrogen-bond donors (Lipinski definition) is 3. The number of benzene rings is 1. The van der Waals surface area contributed by atoms with E-state index in [1.165, 1.54) is 24.5 Å². The van der Waals surface area contributed by atoms with E-state index in [1.54, 1.807) is 25.1 Å². The topological polar surface area (TPSA) is 121 Å².